The number of benzene rings is 1. The number of rotatable bonds is 4. The normalized spacial score (nSPS) is 10.3. The standard InChI is InChI=1S/C13H15N3OS/c1-9-6-12(14)16-13(15-9)8-18-11-5-3-4-10(7-11)17-2/h3-7H,8H2,1-2H3,(H2,14,15,16). The number of anilines is 1. The van der Waals surface area contributed by atoms with Crippen LogP contribution in [-0.4, -0.2) is 17.1 Å². The SMILES string of the molecule is COc1cccc(SCc2nc(C)cc(N)n2)c1. The number of hydrogen-bond acceptors (Lipinski definition) is 5. The van der Waals surface area contributed by atoms with E-state index in [9.17, 15) is 0 Å². The van der Waals surface area contributed by atoms with Gasteiger partial charge in [-0.2, -0.15) is 0 Å². The van der Waals surface area contributed by atoms with Gasteiger partial charge in [0.25, 0.3) is 0 Å². The molecule has 4 nitrogen and oxygen atoms in total. The van der Waals surface area contributed by atoms with Crippen molar-refractivity contribution in [2.45, 2.75) is 17.6 Å². The third-order valence-electron chi connectivity index (χ3n) is 2.33. The number of nitrogens with zero attached hydrogens (tertiary/aromatic N) is 2. The molecule has 1 heterocycles. The molecule has 0 aliphatic carbocycles. The van der Waals surface area contributed by atoms with Gasteiger partial charge in [-0.1, -0.05) is 6.07 Å². The minimum atomic E-state index is 0.517. The van der Waals surface area contributed by atoms with Gasteiger partial charge in [-0.3, -0.25) is 0 Å². The average molecular weight is 261 g/mol. The predicted molar refractivity (Wildman–Crippen MR) is 73.7 cm³/mol. The third kappa shape index (κ3) is 3.37. The van der Waals surface area contributed by atoms with Gasteiger partial charge < -0.3 is 10.5 Å². The van der Waals surface area contributed by atoms with Crippen LogP contribution in [0.4, 0.5) is 5.82 Å². The van der Waals surface area contributed by atoms with Crippen LogP contribution in [0, 0.1) is 6.92 Å². The monoisotopic (exact) mass is 261 g/mol. The number of aryl methyl sites for hydroxylation is 1. The number of thioether (sulfide) groups is 1. The van der Waals surface area contributed by atoms with Gasteiger partial charge in [0, 0.05) is 16.7 Å². The highest BCUT2D eigenvalue weighted by atomic mass is 32.2. The number of nitrogen functional groups attached to an aromatic ring is 1. The van der Waals surface area contributed by atoms with E-state index in [-0.39, 0.29) is 0 Å². The molecular weight excluding hydrogens is 246 g/mol. The zero-order valence-electron chi connectivity index (χ0n) is 10.4. The summed E-state index contributed by atoms with van der Waals surface area (Å²) in [6.07, 6.45) is 0. The quantitative estimate of drug-likeness (QED) is 0.857. The Hall–Kier alpha value is -1.75. The number of aromatic nitrogens is 2. The van der Waals surface area contributed by atoms with E-state index in [1.54, 1.807) is 24.9 Å². The van der Waals surface area contributed by atoms with Crippen molar-refractivity contribution in [2.75, 3.05) is 12.8 Å². The molecule has 18 heavy (non-hydrogen) atoms. The summed E-state index contributed by atoms with van der Waals surface area (Å²) in [5, 5.41) is 0. The van der Waals surface area contributed by atoms with Gasteiger partial charge in [-0.25, -0.2) is 9.97 Å². The summed E-state index contributed by atoms with van der Waals surface area (Å²) in [7, 11) is 1.66. The van der Waals surface area contributed by atoms with E-state index >= 15 is 0 Å². The van der Waals surface area contributed by atoms with Crippen LogP contribution in [0.3, 0.4) is 0 Å². The Labute approximate surface area is 111 Å². The van der Waals surface area contributed by atoms with Gasteiger partial charge in [0.15, 0.2) is 0 Å². The van der Waals surface area contributed by atoms with E-state index in [0.29, 0.717) is 11.6 Å². The Bertz CT molecular complexity index is 525. The molecule has 0 spiro atoms. The lowest BCUT2D eigenvalue weighted by molar-refractivity contribution is 0.413. The van der Waals surface area contributed by atoms with Crippen molar-refractivity contribution >= 4 is 17.6 Å². The molecule has 0 atom stereocenters. The lowest BCUT2D eigenvalue weighted by Crippen LogP contribution is -1.99. The summed E-state index contributed by atoms with van der Waals surface area (Å²) in [6.45, 7) is 1.91. The van der Waals surface area contributed by atoms with Crippen molar-refractivity contribution in [3.8, 4) is 5.75 Å². The van der Waals surface area contributed by atoms with Gasteiger partial charge in [-0.05, 0) is 25.1 Å². The lowest BCUT2D eigenvalue weighted by atomic mass is 10.3. The summed E-state index contributed by atoms with van der Waals surface area (Å²) < 4.78 is 5.18. The van der Waals surface area contributed by atoms with Crippen LogP contribution in [0.1, 0.15) is 11.5 Å². The zero-order chi connectivity index (χ0) is 13.0. The van der Waals surface area contributed by atoms with E-state index < -0.39 is 0 Å². The Kier molecular flexibility index (Phi) is 4.04. The molecule has 0 fully saturated rings. The van der Waals surface area contributed by atoms with Crippen LogP contribution in [0.25, 0.3) is 0 Å². The molecular formula is C13H15N3OS. The van der Waals surface area contributed by atoms with Gasteiger partial charge >= 0.3 is 0 Å². The largest absolute Gasteiger partial charge is 0.497 e. The van der Waals surface area contributed by atoms with Crippen LogP contribution in [-0.2, 0) is 5.75 Å². The topological polar surface area (TPSA) is 61.0 Å². The molecule has 0 radical (unpaired) electrons. The Morgan fingerprint density at radius 3 is 2.83 bits per heavy atom. The highest BCUT2D eigenvalue weighted by molar-refractivity contribution is 7.98. The van der Waals surface area contributed by atoms with Gasteiger partial charge in [-0.15, -0.1) is 11.8 Å². The smallest absolute Gasteiger partial charge is 0.141 e. The summed E-state index contributed by atoms with van der Waals surface area (Å²) in [5.74, 6) is 2.81. The second kappa shape index (κ2) is 5.73. The van der Waals surface area contributed by atoms with Crippen molar-refractivity contribution < 1.29 is 4.74 Å². The molecule has 1 aromatic heterocycles. The van der Waals surface area contributed by atoms with Crippen LogP contribution >= 0.6 is 11.8 Å². The first kappa shape index (κ1) is 12.7. The fraction of sp³-hybridized carbons (Fsp3) is 0.231. The van der Waals surface area contributed by atoms with Gasteiger partial charge in [0.2, 0.25) is 0 Å². The highest BCUT2D eigenvalue weighted by Crippen LogP contribution is 2.25. The molecule has 0 bridgehead atoms. The van der Waals surface area contributed by atoms with Crippen molar-refractivity contribution in [3.63, 3.8) is 0 Å². The maximum atomic E-state index is 5.69. The van der Waals surface area contributed by atoms with Crippen molar-refractivity contribution in [1.29, 1.82) is 0 Å². The lowest BCUT2D eigenvalue weighted by Gasteiger charge is -2.05. The van der Waals surface area contributed by atoms with Gasteiger partial charge in [0.05, 0.1) is 12.9 Å². The Morgan fingerprint density at radius 2 is 2.11 bits per heavy atom. The van der Waals surface area contributed by atoms with E-state index in [2.05, 4.69) is 9.97 Å². The molecule has 5 heteroatoms. The predicted octanol–water partition coefficient (Wildman–Crippen LogP) is 2.67. The van der Waals surface area contributed by atoms with Crippen LogP contribution in [0.5, 0.6) is 5.75 Å². The van der Waals surface area contributed by atoms with Gasteiger partial charge in [0.1, 0.15) is 17.4 Å². The number of hydrogen-bond donors (Lipinski definition) is 1. The van der Waals surface area contributed by atoms with Crippen molar-refractivity contribution in [2.24, 2.45) is 0 Å². The fourth-order valence-electron chi connectivity index (χ4n) is 1.56. The minimum Gasteiger partial charge on any atom is -0.497 e. The van der Waals surface area contributed by atoms with Crippen LogP contribution in [0.15, 0.2) is 35.2 Å². The molecule has 0 amide bonds. The third-order valence-corrected chi connectivity index (χ3v) is 3.32. The van der Waals surface area contributed by atoms with Crippen molar-refractivity contribution in [3.05, 3.63) is 41.9 Å². The molecule has 2 rings (SSSR count). The van der Waals surface area contributed by atoms with E-state index in [4.69, 9.17) is 10.5 Å². The maximum absolute atomic E-state index is 5.69. The molecule has 0 saturated carbocycles. The van der Waals surface area contributed by atoms with Crippen molar-refractivity contribution in [1.82, 2.24) is 9.97 Å². The number of ether oxygens (including phenoxy) is 1. The average Bonchev–Trinajstić information content (AvgIpc) is 2.35. The number of nitrogens with two attached hydrogens (primary N) is 1. The summed E-state index contributed by atoms with van der Waals surface area (Å²) in [5.41, 5.74) is 6.59. The highest BCUT2D eigenvalue weighted by Gasteiger charge is 2.02. The first-order valence-electron chi connectivity index (χ1n) is 5.54. The molecule has 0 saturated heterocycles. The summed E-state index contributed by atoms with van der Waals surface area (Å²) in [6, 6.07) is 9.67. The Morgan fingerprint density at radius 1 is 1.28 bits per heavy atom. The molecule has 1 aromatic carbocycles. The first-order chi connectivity index (χ1) is 8.67. The second-order valence-corrected chi connectivity index (χ2v) is 4.87. The molecule has 2 N–H and O–H groups in total. The van der Waals surface area contributed by atoms with Crippen LogP contribution in [0.2, 0.25) is 0 Å². The minimum absolute atomic E-state index is 0.517. The summed E-state index contributed by atoms with van der Waals surface area (Å²) >= 11 is 1.66. The fourth-order valence-corrected chi connectivity index (χ4v) is 2.36. The first-order valence-corrected chi connectivity index (χ1v) is 6.53. The summed E-state index contributed by atoms with van der Waals surface area (Å²) in [4.78, 5) is 9.68. The maximum Gasteiger partial charge on any atom is 0.141 e. The molecule has 0 aliphatic heterocycles. The Balaban J connectivity index is 2.06. The van der Waals surface area contributed by atoms with E-state index in [0.717, 1.165) is 22.2 Å². The number of methoxy groups -OCH3 is 1. The zero-order valence-corrected chi connectivity index (χ0v) is 11.2. The van der Waals surface area contributed by atoms with E-state index in [1.807, 2.05) is 31.2 Å². The van der Waals surface area contributed by atoms with E-state index in [1.165, 1.54) is 0 Å². The molecule has 94 valence electrons. The second-order valence-electron chi connectivity index (χ2n) is 3.82. The molecule has 0 aliphatic rings. The molecule has 2 aromatic rings. The molecule has 0 unspecified atom stereocenters. The van der Waals surface area contributed by atoms with Crippen LogP contribution < -0.4 is 10.5 Å².